The van der Waals surface area contributed by atoms with E-state index in [1.807, 2.05) is 30.0 Å². The monoisotopic (exact) mass is 323 g/mol. The minimum atomic E-state index is 0.0209. The van der Waals surface area contributed by atoms with Crippen LogP contribution in [0.4, 0.5) is 5.69 Å². The number of benzene rings is 1. The molecule has 0 bridgehead atoms. The Kier molecular flexibility index (Phi) is 6.02. The minimum Gasteiger partial charge on any atom is -0.389 e. The number of amides is 1. The quantitative estimate of drug-likeness (QED) is 0.785. The van der Waals surface area contributed by atoms with E-state index in [0.717, 1.165) is 17.8 Å². The Morgan fingerprint density at radius 2 is 2.38 bits per heavy atom. The topological polar surface area (TPSA) is 58.4 Å². The number of hydrogen-bond donors (Lipinski definition) is 2. The summed E-state index contributed by atoms with van der Waals surface area (Å²) in [6.45, 7) is 0.784. The molecular weight excluding hydrogens is 302 g/mol. The number of carbonyl (C=O) groups is 1. The molecule has 3 N–H and O–H groups in total. The lowest BCUT2D eigenvalue weighted by molar-refractivity contribution is -0.116. The molecule has 114 valence electrons. The molecule has 1 aromatic rings. The van der Waals surface area contributed by atoms with Crippen molar-refractivity contribution in [2.75, 3.05) is 30.4 Å². The number of nitrogens with one attached hydrogen (secondary N) is 1. The molecule has 0 radical (unpaired) electrons. The molecule has 1 saturated heterocycles. The van der Waals surface area contributed by atoms with Crippen LogP contribution in [0.25, 0.3) is 0 Å². The van der Waals surface area contributed by atoms with Gasteiger partial charge < -0.3 is 16.0 Å². The maximum Gasteiger partial charge on any atom is 0.225 e. The lowest BCUT2D eigenvalue weighted by Crippen LogP contribution is -2.34. The summed E-state index contributed by atoms with van der Waals surface area (Å²) in [7, 11) is 2.09. The highest BCUT2D eigenvalue weighted by Crippen LogP contribution is 2.21. The van der Waals surface area contributed by atoms with Crippen LogP contribution >= 0.6 is 24.0 Å². The van der Waals surface area contributed by atoms with Gasteiger partial charge in [0.05, 0.1) is 0 Å². The van der Waals surface area contributed by atoms with Gasteiger partial charge in [-0.05, 0) is 31.4 Å². The Hall–Kier alpha value is -1.11. The number of carbonyl (C=O) groups excluding carboxylic acids is 1. The lowest BCUT2D eigenvalue weighted by Gasteiger charge is -2.22. The Bertz CT molecular complexity index is 515. The smallest absolute Gasteiger partial charge is 0.225 e. The number of rotatable bonds is 6. The molecule has 6 heteroatoms. The summed E-state index contributed by atoms with van der Waals surface area (Å²) >= 11 is 6.92. The SMILES string of the molecule is CN(CCC(=O)Nc1cccc(C(N)=S)c1)C1CCSC1. The molecule has 2 rings (SSSR count). The molecule has 1 atom stereocenters. The molecule has 1 aromatic carbocycles. The zero-order chi connectivity index (χ0) is 15.2. The maximum absolute atomic E-state index is 12.0. The summed E-state index contributed by atoms with van der Waals surface area (Å²) in [5.41, 5.74) is 7.10. The molecule has 0 spiro atoms. The third-order valence-electron chi connectivity index (χ3n) is 3.65. The molecule has 1 amide bonds. The summed E-state index contributed by atoms with van der Waals surface area (Å²) in [5, 5.41) is 2.90. The van der Waals surface area contributed by atoms with Crippen LogP contribution in [-0.4, -0.2) is 46.9 Å². The highest BCUT2D eigenvalue weighted by Gasteiger charge is 2.20. The van der Waals surface area contributed by atoms with Crippen LogP contribution < -0.4 is 11.1 Å². The van der Waals surface area contributed by atoms with Crippen molar-refractivity contribution < 1.29 is 4.79 Å². The highest BCUT2D eigenvalue weighted by molar-refractivity contribution is 7.99. The van der Waals surface area contributed by atoms with Gasteiger partial charge in [-0.2, -0.15) is 11.8 Å². The van der Waals surface area contributed by atoms with E-state index in [0.29, 0.717) is 17.5 Å². The molecule has 0 saturated carbocycles. The van der Waals surface area contributed by atoms with Crippen LogP contribution in [0.3, 0.4) is 0 Å². The fraction of sp³-hybridized carbons (Fsp3) is 0.467. The average Bonchev–Trinajstić information content (AvgIpc) is 2.99. The fourth-order valence-corrected chi connectivity index (χ4v) is 3.73. The Morgan fingerprint density at radius 3 is 3.05 bits per heavy atom. The van der Waals surface area contributed by atoms with Gasteiger partial charge >= 0.3 is 0 Å². The van der Waals surface area contributed by atoms with E-state index in [4.69, 9.17) is 18.0 Å². The predicted molar refractivity (Wildman–Crippen MR) is 93.9 cm³/mol. The Balaban J connectivity index is 1.81. The van der Waals surface area contributed by atoms with Gasteiger partial charge in [0, 0.05) is 36.0 Å². The van der Waals surface area contributed by atoms with Crippen molar-refractivity contribution >= 4 is 40.6 Å². The van der Waals surface area contributed by atoms with Crippen molar-refractivity contribution in [2.24, 2.45) is 5.73 Å². The van der Waals surface area contributed by atoms with Crippen molar-refractivity contribution in [1.29, 1.82) is 0 Å². The summed E-state index contributed by atoms with van der Waals surface area (Å²) < 4.78 is 0. The van der Waals surface area contributed by atoms with Crippen molar-refractivity contribution in [2.45, 2.75) is 18.9 Å². The molecule has 1 fully saturated rings. The number of nitrogens with zero attached hydrogens (tertiary/aromatic N) is 1. The molecule has 1 aliphatic rings. The second-order valence-corrected chi connectivity index (χ2v) is 6.83. The second-order valence-electron chi connectivity index (χ2n) is 5.24. The summed E-state index contributed by atoms with van der Waals surface area (Å²) in [4.78, 5) is 14.6. The molecular formula is C15H21N3OS2. The number of thioether (sulfide) groups is 1. The molecule has 0 aromatic heterocycles. The van der Waals surface area contributed by atoms with Crippen molar-refractivity contribution in [3.05, 3.63) is 29.8 Å². The predicted octanol–water partition coefficient (Wildman–Crippen LogP) is 2.09. The van der Waals surface area contributed by atoms with E-state index >= 15 is 0 Å². The van der Waals surface area contributed by atoms with E-state index in [9.17, 15) is 4.79 Å². The first kappa shape index (κ1) is 16.3. The molecule has 1 heterocycles. The van der Waals surface area contributed by atoms with Gasteiger partial charge in [0.15, 0.2) is 0 Å². The lowest BCUT2D eigenvalue weighted by atomic mass is 10.2. The number of thiocarbonyl (C=S) groups is 1. The van der Waals surface area contributed by atoms with E-state index < -0.39 is 0 Å². The van der Waals surface area contributed by atoms with Crippen LogP contribution in [0.1, 0.15) is 18.4 Å². The van der Waals surface area contributed by atoms with E-state index in [1.54, 1.807) is 6.07 Å². The van der Waals surface area contributed by atoms with Crippen LogP contribution in [0.5, 0.6) is 0 Å². The third-order valence-corrected chi connectivity index (χ3v) is 5.03. The average molecular weight is 323 g/mol. The zero-order valence-electron chi connectivity index (χ0n) is 12.2. The number of hydrogen-bond acceptors (Lipinski definition) is 4. The van der Waals surface area contributed by atoms with E-state index in [-0.39, 0.29) is 5.91 Å². The molecule has 1 aliphatic heterocycles. The minimum absolute atomic E-state index is 0.0209. The Morgan fingerprint density at radius 1 is 1.57 bits per heavy atom. The van der Waals surface area contributed by atoms with Crippen LogP contribution in [0.15, 0.2) is 24.3 Å². The molecule has 1 unspecified atom stereocenters. The van der Waals surface area contributed by atoms with Gasteiger partial charge in [-0.3, -0.25) is 4.79 Å². The van der Waals surface area contributed by atoms with Crippen molar-refractivity contribution in [3.8, 4) is 0 Å². The summed E-state index contributed by atoms with van der Waals surface area (Å²) in [6.07, 6.45) is 1.72. The highest BCUT2D eigenvalue weighted by atomic mass is 32.2. The van der Waals surface area contributed by atoms with Gasteiger partial charge in [0.25, 0.3) is 0 Å². The van der Waals surface area contributed by atoms with E-state index in [2.05, 4.69) is 17.3 Å². The van der Waals surface area contributed by atoms with Crippen LogP contribution in [0, 0.1) is 0 Å². The fourth-order valence-electron chi connectivity index (χ4n) is 2.30. The van der Waals surface area contributed by atoms with Crippen LogP contribution in [-0.2, 0) is 4.79 Å². The number of nitrogens with two attached hydrogens (primary N) is 1. The Labute approximate surface area is 135 Å². The summed E-state index contributed by atoms with van der Waals surface area (Å²) in [5.74, 6) is 2.42. The van der Waals surface area contributed by atoms with E-state index in [1.165, 1.54) is 17.9 Å². The number of anilines is 1. The molecule has 21 heavy (non-hydrogen) atoms. The first-order valence-corrected chi connectivity index (χ1v) is 8.60. The second kappa shape index (κ2) is 7.77. The molecule has 4 nitrogen and oxygen atoms in total. The standard InChI is InChI=1S/C15H21N3OS2/c1-18(13-6-8-21-10-13)7-5-14(19)17-12-4-2-3-11(9-12)15(16)20/h2-4,9,13H,5-8,10H2,1H3,(H2,16,20)(H,17,19). The van der Waals surface area contributed by atoms with Gasteiger partial charge in [-0.15, -0.1) is 0 Å². The van der Waals surface area contributed by atoms with Gasteiger partial charge in [0.2, 0.25) is 5.91 Å². The van der Waals surface area contributed by atoms with Gasteiger partial charge in [-0.1, -0.05) is 24.4 Å². The normalized spacial score (nSPS) is 17.9. The maximum atomic E-state index is 12.0. The van der Waals surface area contributed by atoms with Gasteiger partial charge in [-0.25, -0.2) is 0 Å². The van der Waals surface area contributed by atoms with Gasteiger partial charge in [0.1, 0.15) is 4.99 Å². The molecule has 0 aliphatic carbocycles. The van der Waals surface area contributed by atoms with Crippen LogP contribution in [0.2, 0.25) is 0 Å². The summed E-state index contributed by atoms with van der Waals surface area (Å²) in [6, 6.07) is 7.94. The first-order valence-electron chi connectivity index (χ1n) is 7.04. The van der Waals surface area contributed by atoms with Crippen molar-refractivity contribution in [1.82, 2.24) is 4.90 Å². The largest absolute Gasteiger partial charge is 0.389 e. The third kappa shape index (κ3) is 4.98. The van der Waals surface area contributed by atoms with Crippen molar-refractivity contribution in [3.63, 3.8) is 0 Å². The first-order chi connectivity index (χ1) is 10.1. The zero-order valence-corrected chi connectivity index (χ0v) is 13.8.